The van der Waals surface area contributed by atoms with E-state index in [1.165, 1.54) is 42.3 Å². The van der Waals surface area contributed by atoms with Gasteiger partial charge in [-0.1, -0.05) is 18.2 Å². The topological polar surface area (TPSA) is 174 Å². The van der Waals surface area contributed by atoms with Gasteiger partial charge in [-0.25, -0.2) is 4.39 Å². The fourth-order valence-corrected chi connectivity index (χ4v) is 3.29. The zero-order valence-corrected chi connectivity index (χ0v) is 21.3. The first kappa shape index (κ1) is 30.7. The molecule has 36 heavy (non-hydrogen) atoms. The molecule has 0 fully saturated rings. The van der Waals surface area contributed by atoms with Crippen molar-refractivity contribution in [3.63, 3.8) is 0 Å². The van der Waals surface area contributed by atoms with Gasteiger partial charge in [0.15, 0.2) is 0 Å². The van der Waals surface area contributed by atoms with Crippen molar-refractivity contribution in [1.82, 2.24) is 15.5 Å². The Morgan fingerprint density at radius 2 is 1.78 bits per heavy atom. The average molecular weight is 507 g/mol. The minimum absolute atomic E-state index is 0.0576. The van der Waals surface area contributed by atoms with E-state index in [1.807, 2.05) is 13.8 Å². The van der Waals surface area contributed by atoms with E-state index in [1.54, 1.807) is 6.08 Å². The van der Waals surface area contributed by atoms with Gasteiger partial charge in [0, 0.05) is 19.0 Å². The van der Waals surface area contributed by atoms with Gasteiger partial charge in [0.1, 0.15) is 17.9 Å². The normalized spacial score (nSPS) is 13.2. The van der Waals surface area contributed by atoms with E-state index in [0.717, 1.165) is 0 Å². The van der Waals surface area contributed by atoms with Crippen LogP contribution in [0.4, 0.5) is 4.39 Å². The molecule has 2 atom stereocenters. The molecule has 0 spiro atoms. The van der Waals surface area contributed by atoms with Gasteiger partial charge in [-0.2, -0.15) is 0 Å². The Morgan fingerprint density at radius 1 is 1.14 bits per heavy atom. The molecule has 10 nitrogen and oxygen atoms in total. The Kier molecular flexibility index (Phi) is 12.8. The summed E-state index contributed by atoms with van der Waals surface area (Å²) in [5, 5.41) is 5.10. The van der Waals surface area contributed by atoms with Crippen LogP contribution in [-0.4, -0.2) is 66.3 Å². The monoisotopic (exact) mass is 506 g/mol. The third kappa shape index (κ3) is 11.9. The zero-order valence-electron chi connectivity index (χ0n) is 21.3. The highest BCUT2D eigenvalue weighted by molar-refractivity contribution is 5.94. The summed E-state index contributed by atoms with van der Waals surface area (Å²) in [7, 11) is 1.42. The summed E-state index contributed by atoms with van der Waals surface area (Å²) in [4.78, 5) is 51.1. The predicted octanol–water partition coefficient (Wildman–Crippen LogP) is 0.0941. The minimum Gasteiger partial charge on any atom is -0.368 e. The molecule has 0 aliphatic heterocycles. The van der Waals surface area contributed by atoms with Crippen LogP contribution < -0.4 is 27.8 Å². The number of nitrogens with one attached hydrogen (secondary N) is 2. The van der Waals surface area contributed by atoms with E-state index in [4.69, 9.17) is 17.2 Å². The molecule has 0 heterocycles. The summed E-state index contributed by atoms with van der Waals surface area (Å²) < 4.78 is 13.4. The summed E-state index contributed by atoms with van der Waals surface area (Å²) >= 11 is 0. The molecule has 1 rings (SSSR count). The molecule has 0 aliphatic rings. The molecule has 0 radical (unpaired) electrons. The van der Waals surface area contributed by atoms with Gasteiger partial charge < -0.3 is 32.7 Å². The van der Waals surface area contributed by atoms with Gasteiger partial charge in [0.2, 0.25) is 23.6 Å². The molecular weight excluding hydrogens is 467 g/mol. The number of hydrogen-bond acceptors (Lipinski definition) is 6. The number of carbonyl (C=O) groups excluding carboxylic acids is 4. The molecule has 0 aliphatic carbocycles. The third-order valence-corrected chi connectivity index (χ3v) is 5.44. The molecule has 8 N–H and O–H groups in total. The fraction of sp³-hybridized carbons (Fsp3) is 0.520. The van der Waals surface area contributed by atoms with Crippen molar-refractivity contribution in [2.75, 3.05) is 20.1 Å². The van der Waals surface area contributed by atoms with Gasteiger partial charge in [-0.05, 0) is 69.8 Å². The Labute approximate surface area is 211 Å². The highest BCUT2D eigenvalue weighted by Gasteiger charge is 2.30. The van der Waals surface area contributed by atoms with Gasteiger partial charge in [0.25, 0.3) is 0 Å². The zero-order chi connectivity index (χ0) is 27.3. The molecule has 11 heteroatoms. The van der Waals surface area contributed by atoms with Crippen LogP contribution in [0.25, 0.3) is 0 Å². The summed E-state index contributed by atoms with van der Waals surface area (Å²) in [5.41, 5.74) is 16.9. The van der Waals surface area contributed by atoms with Crippen LogP contribution >= 0.6 is 0 Å². The first-order chi connectivity index (χ1) is 16.8. The van der Waals surface area contributed by atoms with Crippen molar-refractivity contribution in [1.29, 1.82) is 0 Å². The lowest BCUT2D eigenvalue weighted by Gasteiger charge is -2.29. The van der Waals surface area contributed by atoms with Crippen molar-refractivity contribution in [2.24, 2.45) is 17.2 Å². The lowest BCUT2D eigenvalue weighted by atomic mass is 10.0. The standard InChI is InChI=1S/C25H39FN6O4/c1-25(2,29)13-6-8-21(33)30-16-22(34)32(3)20(15-17-9-11-18(26)12-10-17)24(36)31-19(23(28)35)7-4-5-14-27/h6,8-12,19-20H,4-5,7,13-16,27,29H2,1-3H3,(H2,28,35)(H,30,33)(H,31,36)/b8-6+. The fourth-order valence-electron chi connectivity index (χ4n) is 3.29. The largest absolute Gasteiger partial charge is 0.368 e. The lowest BCUT2D eigenvalue weighted by Crippen LogP contribution is -2.55. The minimum atomic E-state index is -1.04. The maximum Gasteiger partial charge on any atom is 0.244 e. The second kappa shape index (κ2) is 14.9. The third-order valence-electron chi connectivity index (χ3n) is 5.44. The summed E-state index contributed by atoms with van der Waals surface area (Å²) in [6.45, 7) is 3.73. The number of nitrogens with two attached hydrogens (primary N) is 3. The van der Waals surface area contributed by atoms with Gasteiger partial charge in [-0.15, -0.1) is 0 Å². The van der Waals surface area contributed by atoms with E-state index in [-0.39, 0.29) is 13.0 Å². The van der Waals surface area contributed by atoms with E-state index in [9.17, 15) is 23.6 Å². The van der Waals surface area contributed by atoms with Gasteiger partial charge in [0.05, 0.1) is 6.54 Å². The van der Waals surface area contributed by atoms with Crippen LogP contribution in [0.2, 0.25) is 0 Å². The second-order valence-electron chi connectivity index (χ2n) is 9.41. The highest BCUT2D eigenvalue weighted by Crippen LogP contribution is 2.12. The molecule has 200 valence electrons. The van der Waals surface area contributed by atoms with Gasteiger partial charge in [-0.3, -0.25) is 19.2 Å². The van der Waals surface area contributed by atoms with Crippen molar-refractivity contribution in [3.8, 4) is 0 Å². The van der Waals surface area contributed by atoms with Crippen molar-refractivity contribution in [2.45, 2.75) is 63.6 Å². The first-order valence-electron chi connectivity index (χ1n) is 11.9. The second-order valence-corrected chi connectivity index (χ2v) is 9.41. The molecule has 2 unspecified atom stereocenters. The predicted molar refractivity (Wildman–Crippen MR) is 136 cm³/mol. The van der Waals surface area contributed by atoms with Crippen LogP contribution in [-0.2, 0) is 25.6 Å². The van der Waals surface area contributed by atoms with Crippen LogP contribution in [0, 0.1) is 5.82 Å². The Hall–Kier alpha value is -3.31. The van der Waals surface area contributed by atoms with E-state index in [0.29, 0.717) is 37.8 Å². The number of hydrogen-bond donors (Lipinski definition) is 5. The number of primary amides is 1. The molecule has 0 bridgehead atoms. The number of rotatable bonds is 15. The van der Waals surface area contributed by atoms with Crippen molar-refractivity contribution < 1.29 is 23.6 Å². The van der Waals surface area contributed by atoms with Crippen molar-refractivity contribution >= 4 is 23.6 Å². The molecule has 4 amide bonds. The maximum absolute atomic E-state index is 13.4. The lowest BCUT2D eigenvalue weighted by molar-refractivity contribution is -0.139. The average Bonchev–Trinajstić information content (AvgIpc) is 2.80. The van der Waals surface area contributed by atoms with Crippen LogP contribution in [0.1, 0.15) is 45.1 Å². The number of carbonyl (C=O) groups is 4. The van der Waals surface area contributed by atoms with Crippen LogP contribution in [0.3, 0.4) is 0 Å². The number of amides is 4. The number of benzene rings is 1. The van der Waals surface area contributed by atoms with E-state index < -0.39 is 47.1 Å². The van der Waals surface area contributed by atoms with Crippen molar-refractivity contribution in [3.05, 3.63) is 47.8 Å². The molecule has 0 aromatic heterocycles. The number of unbranched alkanes of at least 4 members (excludes halogenated alkanes) is 1. The quantitative estimate of drug-likeness (QED) is 0.166. The highest BCUT2D eigenvalue weighted by atomic mass is 19.1. The summed E-state index contributed by atoms with van der Waals surface area (Å²) in [5.74, 6) is -2.74. The Morgan fingerprint density at radius 3 is 2.33 bits per heavy atom. The number of nitrogens with zero attached hydrogens (tertiary/aromatic N) is 1. The van der Waals surface area contributed by atoms with Crippen LogP contribution in [0.15, 0.2) is 36.4 Å². The van der Waals surface area contributed by atoms with E-state index in [2.05, 4.69) is 10.6 Å². The Balaban J connectivity index is 2.94. The molecule has 1 aromatic rings. The SMILES string of the molecule is CN(C(=O)CNC(=O)/C=C/CC(C)(C)N)C(Cc1ccc(F)cc1)C(=O)NC(CCCCN)C(N)=O. The molecule has 1 aromatic carbocycles. The first-order valence-corrected chi connectivity index (χ1v) is 11.9. The molecular formula is C25H39FN6O4. The summed E-state index contributed by atoms with van der Waals surface area (Å²) in [6.07, 6.45) is 4.99. The number of likely N-dealkylation sites (N-methyl/N-ethyl adjacent to an activating group) is 1. The van der Waals surface area contributed by atoms with Crippen LogP contribution in [0.5, 0.6) is 0 Å². The molecule has 0 saturated carbocycles. The smallest absolute Gasteiger partial charge is 0.244 e. The number of halogens is 1. The Bertz CT molecular complexity index is 914. The van der Waals surface area contributed by atoms with Gasteiger partial charge >= 0.3 is 0 Å². The maximum atomic E-state index is 13.4. The van der Waals surface area contributed by atoms with E-state index >= 15 is 0 Å². The summed E-state index contributed by atoms with van der Waals surface area (Å²) in [6, 6.07) is 3.55. The molecule has 0 saturated heterocycles.